The van der Waals surface area contributed by atoms with Gasteiger partial charge in [-0.3, -0.25) is 9.36 Å². The molecule has 0 radical (unpaired) electrons. The first kappa shape index (κ1) is 17.9. The van der Waals surface area contributed by atoms with Crippen molar-refractivity contribution >= 4 is 27.9 Å². The van der Waals surface area contributed by atoms with Crippen molar-refractivity contribution in [2.24, 2.45) is 0 Å². The average molecular weight is 401 g/mol. The Morgan fingerprint density at radius 1 is 0.967 bits per heavy atom. The highest BCUT2D eigenvalue weighted by Gasteiger charge is 2.16. The summed E-state index contributed by atoms with van der Waals surface area (Å²) < 4.78 is 17.6. The first-order chi connectivity index (χ1) is 14.6. The molecular formula is C21H16FN7O. The number of nitrogens with two attached hydrogens (primary N) is 1. The van der Waals surface area contributed by atoms with Crippen LogP contribution in [-0.2, 0) is 13.1 Å². The molecule has 5 rings (SSSR count). The summed E-state index contributed by atoms with van der Waals surface area (Å²) in [6.45, 7) is 0.470. The topological polar surface area (TPSA) is 105 Å². The number of aromatic nitrogens is 6. The highest BCUT2D eigenvalue weighted by atomic mass is 19.1. The Kier molecular flexibility index (Phi) is 4.20. The molecule has 2 aromatic carbocycles. The van der Waals surface area contributed by atoms with Crippen LogP contribution in [0.4, 0.5) is 10.2 Å². The summed E-state index contributed by atoms with van der Waals surface area (Å²) in [4.78, 5) is 30.3. The summed E-state index contributed by atoms with van der Waals surface area (Å²) in [5.74, 6) is 0.138. The van der Waals surface area contributed by atoms with Crippen molar-refractivity contribution in [2.45, 2.75) is 13.1 Å². The maximum atomic E-state index is 14.4. The summed E-state index contributed by atoms with van der Waals surface area (Å²) in [6.07, 6.45) is 2.93. The largest absolute Gasteiger partial charge is 0.382 e. The number of halogens is 1. The van der Waals surface area contributed by atoms with Crippen LogP contribution in [0.3, 0.4) is 0 Å². The fourth-order valence-corrected chi connectivity index (χ4v) is 3.49. The summed E-state index contributed by atoms with van der Waals surface area (Å²) in [6, 6.07) is 13.9. The SMILES string of the molecule is Nc1ncnc2c1ncn2Cc1nc2cccc(F)c2c(=O)n1Cc1ccccc1. The van der Waals surface area contributed by atoms with E-state index in [4.69, 9.17) is 5.73 Å². The van der Waals surface area contributed by atoms with E-state index in [-0.39, 0.29) is 24.3 Å². The second-order valence-electron chi connectivity index (χ2n) is 6.84. The van der Waals surface area contributed by atoms with Crippen molar-refractivity contribution in [3.63, 3.8) is 0 Å². The lowest BCUT2D eigenvalue weighted by Gasteiger charge is -2.14. The van der Waals surface area contributed by atoms with E-state index in [0.29, 0.717) is 22.5 Å². The highest BCUT2D eigenvalue weighted by Crippen LogP contribution is 2.18. The number of benzene rings is 2. The van der Waals surface area contributed by atoms with Gasteiger partial charge in [-0.1, -0.05) is 36.4 Å². The van der Waals surface area contributed by atoms with Gasteiger partial charge in [-0.25, -0.2) is 24.3 Å². The quantitative estimate of drug-likeness (QED) is 0.496. The Balaban J connectivity index is 1.70. The molecule has 0 spiro atoms. The normalized spacial score (nSPS) is 11.4. The Hall–Kier alpha value is -4.14. The first-order valence-corrected chi connectivity index (χ1v) is 9.25. The van der Waals surface area contributed by atoms with Gasteiger partial charge in [0.15, 0.2) is 11.5 Å². The molecule has 8 nitrogen and oxygen atoms in total. The maximum absolute atomic E-state index is 14.4. The zero-order chi connectivity index (χ0) is 20.7. The van der Waals surface area contributed by atoms with Crippen LogP contribution in [0.5, 0.6) is 0 Å². The lowest BCUT2D eigenvalue weighted by molar-refractivity contribution is 0.619. The van der Waals surface area contributed by atoms with Crippen LogP contribution in [0, 0.1) is 5.82 Å². The molecule has 9 heteroatoms. The van der Waals surface area contributed by atoms with Crippen LogP contribution in [0.1, 0.15) is 11.4 Å². The second kappa shape index (κ2) is 7.03. The van der Waals surface area contributed by atoms with Crippen LogP contribution in [-0.4, -0.2) is 29.1 Å². The Labute approximate surface area is 169 Å². The lowest BCUT2D eigenvalue weighted by Crippen LogP contribution is -2.27. The summed E-state index contributed by atoms with van der Waals surface area (Å²) in [5, 5.41) is -0.0285. The molecule has 0 atom stereocenters. The zero-order valence-corrected chi connectivity index (χ0v) is 15.7. The number of nitrogens with zero attached hydrogens (tertiary/aromatic N) is 6. The van der Waals surface area contributed by atoms with E-state index in [2.05, 4.69) is 19.9 Å². The molecule has 2 N–H and O–H groups in total. The first-order valence-electron chi connectivity index (χ1n) is 9.25. The third kappa shape index (κ3) is 2.96. The van der Waals surface area contributed by atoms with Gasteiger partial charge < -0.3 is 10.3 Å². The van der Waals surface area contributed by atoms with Crippen LogP contribution >= 0.6 is 0 Å². The standard InChI is InChI=1S/C21H16FN7O/c22-14-7-4-8-15-17(14)21(30)29(9-13-5-2-1-3-6-13)16(27-15)10-28-12-26-18-19(23)24-11-25-20(18)28/h1-8,11-12H,9-10H2,(H2,23,24,25). The molecule has 0 unspecified atom stereocenters. The van der Waals surface area contributed by atoms with Gasteiger partial charge in [0.05, 0.1) is 24.9 Å². The second-order valence-corrected chi connectivity index (χ2v) is 6.84. The molecule has 0 amide bonds. The molecule has 0 aliphatic carbocycles. The molecule has 0 saturated carbocycles. The number of hydrogen-bond donors (Lipinski definition) is 1. The molecule has 30 heavy (non-hydrogen) atoms. The Morgan fingerprint density at radius 3 is 2.63 bits per heavy atom. The van der Waals surface area contributed by atoms with E-state index in [1.54, 1.807) is 17.0 Å². The fraction of sp³-hybridized carbons (Fsp3) is 0.0952. The zero-order valence-electron chi connectivity index (χ0n) is 15.7. The van der Waals surface area contributed by atoms with E-state index in [1.165, 1.54) is 23.0 Å². The number of rotatable bonds is 4. The third-order valence-corrected chi connectivity index (χ3v) is 4.94. The molecule has 148 valence electrons. The summed E-state index contributed by atoms with van der Waals surface area (Å²) in [7, 11) is 0. The van der Waals surface area contributed by atoms with Crippen LogP contribution < -0.4 is 11.3 Å². The monoisotopic (exact) mass is 401 g/mol. The van der Waals surface area contributed by atoms with E-state index in [1.807, 2.05) is 30.3 Å². The average Bonchev–Trinajstić information content (AvgIpc) is 3.16. The van der Waals surface area contributed by atoms with E-state index in [9.17, 15) is 9.18 Å². The predicted octanol–water partition coefficient (Wildman–Crippen LogP) is 2.35. The van der Waals surface area contributed by atoms with Crippen molar-refractivity contribution in [3.05, 3.63) is 88.7 Å². The number of hydrogen-bond acceptors (Lipinski definition) is 6. The molecule has 0 aliphatic heterocycles. The van der Waals surface area contributed by atoms with E-state index >= 15 is 0 Å². The van der Waals surface area contributed by atoms with E-state index < -0.39 is 11.4 Å². The van der Waals surface area contributed by atoms with Gasteiger partial charge in [-0.05, 0) is 17.7 Å². The smallest absolute Gasteiger partial charge is 0.264 e. The maximum Gasteiger partial charge on any atom is 0.264 e. The van der Waals surface area contributed by atoms with Crippen molar-refractivity contribution < 1.29 is 4.39 Å². The van der Waals surface area contributed by atoms with Gasteiger partial charge in [0, 0.05) is 0 Å². The summed E-state index contributed by atoms with van der Waals surface area (Å²) in [5.41, 5.74) is 7.65. The van der Waals surface area contributed by atoms with Crippen LogP contribution in [0.15, 0.2) is 66.0 Å². The van der Waals surface area contributed by atoms with Crippen molar-refractivity contribution in [1.82, 2.24) is 29.1 Å². The van der Waals surface area contributed by atoms with Gasteiger partial charge in [-0.15, -0.1) is 0 Å². The van der Waals surface area contributed by atoms with Crippen LogP contribution in [0.25, 0.3) is 22.1 Å². The van der Waals surface area contributed by atoms with E-state index in [0.717, 1.165) is 5.56 Å². The molecule has 3 aromatic heterocycles. The third-order valence-electron chi connectivity index (χ3n) is 4.94. The van der Waals surface area contributed by atoms with Crippen molar-refractivity contribution in [3.8, 4) is 0 Å². The number of nitrogen functional groups attached to an aromatic ring is 1. The molecule has 0 fully saturated rings. The molecule has 0 aliphatic rings. The van der Waals surface area contributed by atoms with Crippen molar-refractivity contribution in [2.75, 3.05) is 5.73 Å². The molecular weight excluding hydrogens is 385 g/mol. The predicted molar refractivity (Wildman–Crippen MR) is 110 cm³/mol. The minimum absolute atomic E-state index is 0.0285. The van der Waals surface area contributed by atoms with Gasteiger partial charge in [-0.2, -0.15) is 0 Å². The molecule has 3 heterocycles. The lowest BCUT2D eigenvalue weighted by atomic mass is 10.2. The minimum atomic E-state index is -0.591. The Morgan fingerprint density at radius 2 is 1.80 bits per heavy atom. The van der Waals surface area contributed by atoms with Gasteiger partial charge >= 0.3 is 0 Å². The summed E-state index contributed by atoms with van der Waals surface area (Å²) >= 11 is 0. The fourth-order valence-electron chi connectivity index (χ4n) is 3.49. The molecule has 0 saturated heterocycles. The van der Waals surface area contributed by atoms with Gasteiger partial charge in [0.1, 0.15) is 28.9 Å². The highest BCUT2D eigenvalue weighted by molar-refractivity contribution is 5.81. The van der Waals surface area contributed by atoms with Gasteiger partial charge in [0.2, 0.25) is 0 Å². The number of imidazole rings is 1. The molecule has 5 aromatic rings. The van der Waals surface area contributed by atoms with Crippen LogP contribution in [0.2, 0.25) is 0 Å². The number of fused-ring (bicyclic) bond motifs is 2. The minimum Gasteiger partial charge on any atom is -0.382 e. The number of anilines is 1. The molecule has 0 bridgehead atoms. The Bertz CT molecular complexity index is 1440. The van der Waals surface area contributed by atoms with Gasteiger partial charge in [0.25, 0.3) is 5.56 Å². The van der Waals surface area contributed by atoms with Crippen molar-refractivity contribution in [1.29, 1.82) is 0 Å².